The van der Waals surface area contributed by atoms with Crippen LogP contribution in [0.4, 0.5) is 5.82 Å². The van der Waals surface area contributed by atoms with Gasteiger partial charge in [-0.3, -0.25) is 4.79 Å². The van der Waals surface area contributed by atoms with Crippen LogP contribution in [0, 0.1) is 0 Å². The van der Waals surface area contributed by atoms with Crippen LogP contribution in [-0.4, -0.2) is 64.7 Å². The van der Waals surface area contributed by atoms with E-state index in [0.717, 1.165) is 47.3 Å². The van der Waals surface area contributed by atoms with Gasteiger partial charge in [0.1, 0.15) is 17.0 Å². The number of aromatic nitrogens is 2. The Morgan fingerprint density at radius 1 is 1.27 bits per heavy atom. The first kappa shape index (κ1) is 21.5. The van der Waals surface area contributed by atoms with Gasteiger partial charge in [-0.05, 0) is 71.5 Å². The van der Waals surface area contributed by atoms with Crippen LogP contribution in [0.2, 0.25) is 0 Å². The lowest BCUT2D eigenvalue weighted by Gasteiger charge is -2.33. The first-order chi connectivity index (χ1) is 14.5. The molecule has 2 aromatic heterocycles. The minimum atomic E-state index is -0.161. The van der Waals surface area contributed by atoms with Crippen molar-refractivity contribution < 1.29 is 9.90 Å². The Morgan fingerprint density at radius 2 is 2.03 bits per heavy atom. The second-order valence-corrected chi connectivity index (χ2v) is 10.1. The van der Waals surface area contributed by atoms with Crippen LogP contribution in [-0.2, 0) is 11.2 Å². The van der Waals surface area contributed by atoms with Gasteiger partial charge >= 0.3 is 0 Å². The molecule has 2 atom stereocenters. The lowest BCUT2D eigenvalue weighted by atomic mass is 9.90. The van der Waals surface area contributed by atoms with Gasteiger partial charge in [-0.1, -0.05) is 0 Å². The molecule has 1 fully saturated rings. The topological polar surface area (TPSA) is 90.4 Å². The minimum absolute atomic E-state index is 0.0304. The number of nitrogens with zero attached hydrogens (tertiary/aromatic N) is 3. The van der Waals surface area contributed by atoms with Crippen molar-refractivity contribution >= 4 is 33.3 Å². The van der Waals surface area contributed by atoms with Crippen molar-refractivity contribution in [2.75, 3.05) is 26.0 Å². The molecule has 4 rings (SSSR count). The zero-order chi connectivity index (χ0) is 21.3. The maximum absolute atomic E-state index is 13.0. The number of thiophene rings is 1. The summed E-state index contributed by atoms with van der Waals surface area (Å²) in [4.78, 5) is 26.7. The summed E-state index contributed by atoms with van der Waals surface area (Å²) < 4.78 is 0. The molecule has 2 aromatic rings. The molecular formula is C22H33N5O2S. The summed E-state index contributed by atoms with van der Waals surface area (Å²) in [6.45, 7) is 2.02. The fourth-order valence-electron chi connectivity index (χ4n) is 4.89. The highest BCUT2D eigenvalue weighted by Crippen LogP contribution is 2.45. The second-order valence-electron chi connectivity index (χ2n) is 8.97. The minimum Gasteiger partial charge on any atom is -0.396 e. The molecule has 0 bridgehead atoms. The largest absolute Gasteiger partial charge is 0.396 e. The van der Waals surface area contributed by atoms with Crippen molar-refractivity contribution in [2.45, 2.75) is 75.9 Å². The maximum Gasteiger partial charge on any atom is 0.227 e. The van der Waals surface area contributed by atoms with E-state index in [0.29, 0.717) is 18.5 Å². The molecule has 1 amide bonds. The number of hydrogen-bond donors (Lipinski definition) is 3. The second kappa shape index (κ2) is 9.16. The molecule has 8 heteroatoms. The van der Waals surface area contributed by atoms with Gasteiger partial charge in [0.25, 0.3) is 0 Å². The van der Waals surface area contributed by atoms with E-state index >= 15 is 0 Å². The predicted molar refractivity (Wildman–Crippen MR) is 121 cm³/mol. The standard InChI is InChI=1S/C22H33N5O2S/c1-13(10-11-28)25-21(29)16-8-9-17-18(16)19-20(23-12-24-22(19)30-17)26-14-4-6-15(7-5-14)27(2)3/h12-16,28H,4-11H2,1-3H3,(H,25,29)(H,23,24,26). The third kappa shape index (κ3) is 4.31. The van der Waals surface area contributed by atoms with Gasteiger partial charge in [-0.2, -0.15) is 0 Å². The van der Waals surface area contributed by atoms with E-state index < -0.39 is 0 Å². The number of aryl methyl sites for hydroxylation is 1. The Hall–Kier alpha value is -1.77. The summed E-state index contributed by atoms with van der Waals surface area (Å²) in [5, 5.41) is 17.0. The van der Waals surface area contributed by atoms with Gasteiger partial charge in [-0.25, -0.2) is 9.97 Å². The number of carbonyl (C=O) groups is 1. The van der Waals surface area contributed by atoms with Gasteiger partial charge in [-0.15, -0.1) is 11.3 Å². The van der Waals surface area contributed by atoms with Crippen molar-refractivity contribution in [1.82, 2.24) is 20.2 Å². The molecule has 2 heterocycles. The normalized spacial score (nSPS) is 24.8. The lowest BCUT2D eigenvalue weighted by molar-refractivity contribution is -0.123. The van der Waals surface area contributed by atoms with Crippen LogP contribution in [0.15, 0.2) is 6.33 Å². The number of nitrogens with one attached hydrogen (secondary N) is 2. The summed E-state index contributed by atoms with van der Waals surface area (Å²) in [5.74, 6) is 0.774. The number of fused-ring (bicyclic) bond motifs is 3. The summed E-state index contributed by atoms with van der Waals surface area (Å²) >= 11 is 1.70. The average molecular weight is 432 g/mol. The molecule has 2 unspecified atom stereocenters. The van der Waals surface area contributed by atoms with Gasteiger partial charge in [0.15, 0.2) is 0 Å². The molecule has 2 aliphatic carbocycles. The number of hydrogen-bond acceptors (Lipinski definition) is 7. The number of rotatable bonds is 7. The fourth-order valence-corrected chi connectivity index (χ4v) is 6.10. The van der Waals surface area contributed by atoms with Crippen LogP contribution in [0.5, 0.6) is 0 Å². The molecule has 0 spiro atoms. The van der Waals surface area contributed by atoms with Crippen molar-refractivity contribution in [3.8, 4) is 0 Å². The Balaban J connectivity index is 1.56. The zero-order valence-corrected chi connectivity index (χ0v) is 19.0. The van der Waals surface area contributed by atoms with Crippen molar-refractivity contribution in [3.63, 3.8) is 0 Å². The fraction of sp³-hybridized carbons (Fsp3) is 0.682. The number of carbonyl (C=O) groups excluding carboxylic acids is 1. The highest BCUT2D eigenvalue weighted by atomic mass is 32.1. The molecular weight excluding hydrogens is 398 g/mol. The Kier molecular flexibility index (Phi) is 6.55. The van der Waals surface area contributed by atoms with E-state index in [1.807, 2.05) is 6.92 Å². The number of aliphatic hydroxyl groups excluding tert-OH is 1. The summed E-state index contributed by atoms with van der Waals surface area (Å²) in [7, 11) is 4.32. The van der Waals surface area contributed by atoms with Crippen LogP contribution in [0.1, 0.15) is 61.8 Å². The molecule has 30 heavy (non-hydrogen) atoms. The first-order valence-electron chi connectivity index (χ1n) is 11.1. The molecule has 2 aliphatic rings. The molecule has 0 aliphatic heterocycles. The zero-order valence-electron chi connectivity index (χ0n) is 18.1. The number of aliphatic hydroxyl groups is 1. The smallest absolute Gasteiger partial charge is 0.227 e. The van der Waals surface area contributed by atoms with Gasteiger partial charge in [0, 0.05) is 29.6 Å². The van der Waals surface area contributed by atoms with Crippen LogP contribution in [0.25, 0.3) is 10.2 Å². The van der Waals surface area contributed by atoms with E-state index in [-0.39, 0.29) is 24.5 Å². The van der Waals surface area contributed by atoms with Crippen molar-refractivity contribution in [2.24, 2.45) is 0 Å². The third-order valence-corrected chi connectivity index (χ3v) is 7.82. The molecule has 0 radical (unpaired) electrons. The maximum atomic E-state index is 13.0. The third-order valence-electron chi connectivity index (χ3n) is 6.65. The van der Waals surface area contributed by atoms with E-state index in [1.54, 1.807) is 17.7 Å². The van der Waals surface area contributed by atoms with Gasteiger partial charge in [0.2, 0.25) is 5.91 Å². The van der Waals surface area contributed by atoms with E-state index in [4.69, 9.17) is 5.11 Å². The SMILES string of the molecule is CC(CCO)NC(=O)C1CCc2sc3ncnc(NC4CCC(N(C)C)CC4)c3c21. The summed E-state index contributed by atoms with van der Waals surface area (Å²) in [6, 6.07) is 1.04. The molecule has 0 saturated heterocycles. The molecule has 3 N–H and O–H groups in total. The van der Waals surface area contributed by atoms with Crippen LogP contribution >= 0.6 is 11.3 Å². The van der Waals surface area contributed by atoms with E-state index in [2.05, 4.69) is 39.6 Å². The predicted octanol–water partition coefficient (Wildman–Crippen LogP) is 2.89. The Labute approximate surface area is 182 Å². The highest BCUT2D eigenvalue weighted by molar-refractivity contribution is 7.19. The summed E-state index contributed by atoms with van der Waals surface area (Å²) in [6.07, 6.45) is 8.59. The Morgan fingerprint density at radius 3 is 2.73 bits per heavy atom. The molecule has 0 aromatic carbocycles. The molecule has 7 nitrogen and oxygen atoms in total. The first-order valence-corrected chi connectivity index (χ1v) is 11.9. The van der Waals surface area contributed by atoms with E-state index in [1.165, 1.54) is 17.7 Å². The van der Waals surface area contributed by atoms with Crippen molar-refractivity contribution in [3.05, 3.63) is 16.8 Å². The quantitative estimate of drug-likeness (QED) is 0.625. The van der Waals surface area contributed by atoms with E-state index in [9.17, 15) is 4.79 Å². The number of amides is 1. The lowest BCUT2D eigenvalue weighted by Crippen LogP contribution is -2.36. The van der Waals surface area contributed by atoms with Crippen LogP contribution in [0.3, 0.4) is 0 Å². The van der Waals surface area contributed by atoms with Gasteiger partial charge < -0.3 is 20.6 Å². The van der Waals surface area contributed by atoms with Crippen LogP contribution < -0.4 is 10.6 Å². The molecule has 1 saturated carbocycles. The monoisotopic (exact) mass is 431 g/mol. The number of anilines is 1. The molecule has 164 valence electrons. The average Bonchev–Trinajstić information content (AvgIpc) is 3.28. The Bertz CT molecular complexity index is 891. The van der Waals surface area contributed by atoms with Gasteiger partial charge in [0.05, 0.1) is 11.3 Å². The summed E-state index contributed by atoms with van der Waals surface area (Å²) in [5.41, 5.74) is 1.12. The van der Waals surface area contributed by atoms with Crippen molar-refractivity contribution in [1.29, 1.82) is 0 Å². The highest BCUT2D eigenvalue weighted by Gasteiger charge is 2.35.